The Morgan fingerprint density at radius 2 is 2.43 bits per heavy atom. The maximum Gasteiger partial charge on any atom is 0.322 e. The highest BCUT2D eigenvalue weighted by atomic mass is 32.2. The molecule has 0 saturated carbocycles. The summed E-state index contributed by atoms with van der Waals surface area (Å²) in [6.07, 6.45) is 1.15. The molecule has 14 heavy (non-hydrogen) atoms. The molecule has 3 unspecified atom stereocenters. The zero-order valence-corrected chi connectivity index (χ0v) is 9.89. The Labute approximate surface area is 90.0 Å². The van der Waals surface area contributed by atoms with Gasteiger partial charge in [-0.1, -0.05) is 6.92 Å². The van der Waals surface area contributed by atoms with Crippen LogP contribution in [0.15, 0.2) is 0 Å². The molecule has 0 radical (unpaired) electrons. The van der Waals surface area contributed by atoms with Gasteiger partial charge in [0, 0.05) is 17.0 Å². The van der Waals surface area contributed by atoms with Crippen LogP contribution >= 0.6 is 11.8 Å². The lowest BCUT2D eigenvalue weighted by Gasteiger charge is -2.17. The molecule has 0 aromatic heterocycles. The summed E-state index contributed by atoms with van der Waals surface area (Å²) in [5, 5.41) is 4.01. The fourth-order valence-corrected chi connectivity index (χ4v) is 2.78. The van der Waals surface area contributed by atoms with Crippen LogP contribution in [0.4, 0.5) is 0 Å². The lowest BCUT2D eigenvalue weighted by atomic mass is 10.2. The van der Waals surface area contributed by atoms with Crippen LogP contribution in [0.2, 0.25) is 0 Å². The number of hydrogen-bond donors (Lipinski definition) is 1. The first-order chi connectivity index (χ1) is 6.63. The molecule has 0 amide bonds. The third kappa shape index (κ3) is 3.50. The van der Waals surface area contributed by atoms with Crippen LogP contribution in [-0.4, -0.2) is 35.7 Å². The molecule has 0 spiro atoms. The summed E-state index contributed by atoms with van der Waals surface area (Å²) in [4.78, 5) is 11.3. The number of carbonyl (C=O) groups excluding carboxylic acids is 1. The van der Waals surface area contributed by atoms with Crippen LogP contribution < -0.4 is 5.32 Å². The SMILES string of the molecule is CCOC(=O)C(C)NC1CSC(C)C1. The van der Waals surface area contributed by atoms with Crippen molar-refractivity contribution in [1.82, 2.24) is 5.32 Å². The summed E-state index contributed by atoms with van der Waals surface area (Å²) >= 11 is 1.96. The van der Waals surface area contributed by atoms with Crippen molar-refractivity contribution in [2.45, 2.75) is 44.5 Å². The Balaban J connectivity index is 2.26. The molecule has 4 heteroatoms. The molecule has 1 fully saturated rings. The number of carbonyl (C=O) groups is 1. The minimum atomic E-state index is -0.175. The minimum Gasteiger partial charge on any atom is -0.465 e. The normalized spacial score (nSPS) is 28.8. The van der Waals surface area contributed by atoms with E-state index in [4.69, 9.17) is 4.74 Å². The third-order valence-electron chi connectivity index (χ3n) is 2.32. The fourth-order valence-electron chi connectivity index (χ4n) is 1.62. The number of thioether (sulfide) groups is 1. The number of ether oxygens (including phenoxy) is 1. The van der Waals surface area contributed by atoms with Crippen molar-refractivity contribution in [3.8, 4) is 0 Å². The summed E-state index contributed by atoms with van der Waals surface area (Å²) < 4.78 is 4.93. The molecule has 0 bridgehead atoms. The van der Waals surface area contributed by atoms with Crippen LogP contribution in [0, 0.1) is 0 Å². The second-order valence-corrected chi connectivity index (χ2v) is 5.19. The highest BCUT2D eigenvalue weighted by Gasteiger charge is 2.25. The Bertz CT molecular complexity index is 199. The zero-order chi connectivity index (χ0) is 10.6. The monoisotopic (exact) mass is 217 g/mol. The van der Waals surface area contributed by atoms with Gasteiger partial charge in [-0.25, -0.2) is 0 Å². The van der Waals surface area contributed by atoms with E-state index in [1.165, 1.54) is 0 Å². The van der Waals surface area contributed by atoms with Crippen LogP contribution in [0.25, 0.3) is 0 Å². The molecule has 1 aliphatic rings. The average molecular weight is 217 g/mol. The predicted molar refractivity (Wildman–Crippen MR) is 59.6 cm³/mol. The van der Waals surface area contributed by atoms with Gasteiger partial charge in [0.2, 0.25) is 0 Å². The minimum absolute atomic E-state index is 0.142. The van der Waals surface area contributed by atoms with E-state index in [9.17, 15) is 4.79 Å². The van der Waals surface area contributed by atoms with Gasteiger partial charge in [-0.05, 0) is 20.3 Å². The van der Waals surface area contributed by atoms with Crippen LogP contribution in [0.3, 0.4) is 0 Å². The smallest absolute Gasteiger partial charge is 0.322 e. The predicted octanol–water partition coefficient (Wildman–Crippen LogP) is 1.42. The second kappa shape index (κ2) is 5.61. The fraction of sp³-hybridized carbons (Fsp3) is 0.900. The summed E-state index contributed by atoms with van der Waals surface area (Å²) in [6.45, 7) is 6.38. The largest absolute Gasteiger partial charge is 0.465 e. The molecular weight excluding hydrogens is 198 g/mol. The molecule has 1 aliphatic heterocycles. The van der Waals surface area contributed by atoms with Gasteiger partial charge in [-0.15, -0.1) is 0 Å². The summed E-state index contributed by atoms with van der Waals surface area (Å²) in [6, 6.07) is 0.292. The maximum atomic E-state index is 11.3. The lowest BCUT2D eigenvalue weighted by Crippen LogP contribution is -2.42. The van der Waals surface area contributed by atoms with E-state index < -0.39 is 0 Å². The first-order valence-electron chi connectivity index (χ1n) is 5.17. The quantitative estimate of drug-likeness (QED) is 0.723. The van der Waals surface area contributed by atoms with E-state index in [1.54, 1.807) is 0 Å². The van der Waals surface area contributed by atoms with Gasteiger partial charge < -0.3 is 10.1 Å². The molecule has 0 aliphatic carbocycles. The topological polar surface area (TPSA) is 38.3 Å². The van der Waals surface area contributed by atoms with Gasteiger partial charge in [0.05, 0.1) is 6.61 Å². The molecule has 3 nitrogen and oxygen atoms in total. The van der Waals surface area contributed by atoms with Crippen LogP contribution in [0.1, 0.15) is 27.2 Å². The van der Waals surface area contributed by atoms with E-state index in [0.29, 0.717) is 17.9 Å². The Hall–Kier alpha value is -0.220. The van der Waals surface area contributed by atoms with E-state index in [0.717, 1.165) is 12.2 Å². The van der Waals surface area contributed by atoms with Crippen molar-refractivity contribution in [2.24, 2.45) is 0 Å². The van der Waals surface area contributed by atoms with Crippen molar-refractivity contribution < 1.29 is 9.53 Å². The van der Waals surface area contributed by atoms with Gasteiger partial charge in [0.25, 0.3) is 0 Å². The molecule has 82 valence electrons. The molecule has 3 atom stereocenters. The van der Waals surface area contributed by atoms with Gasteiger partial charge in [-0.3, -0.25) is 4.79 Å². The average Bonchev–Trinajstić information content (AvgIpc) is 2.51. The van der Waals surface area contributed by atoms with Crippen molar-refractivity contribution in [2.75, 3.05) is 12.4 Å². The first-order valence-corrected chi connectivity index (χ1v) is 6.22. The second-order valence-electron chi connectivity index (χ2n) is 3.72. The molecular formula is C10H19NO2S. The highest BCUT2D eigenvalue weighted by molar-refractivity contribution is 8.00. The van der Waals surface area contributed by atoms with E-state index >= 15 is 0 Å². The standard InChI is InChI=1S/C10H19NO2S/c1-4-13-10(12)8(3)11-9-5-7(2)14-6-9/h7-9,11H,4-6H2,1-3H3. The lowest BCUT2D eigenvalue weighted by molar-refractivity contribution is -0.145. The Morgan fingerprint density at radius 3 is 2.93 bits per heavy atom. The molecule has 1 N–H and O–H groups in total. The van der Waals surface area contributed by atoms with Crippen molar-refractivity contribution >= 4 is 17.7 Å². The Morgan fingerprint density at radius 1 is 1.71 bits per heavy atom. The van der Waals surface area contributed by atoms with Crippen LogP contribution in [-0.2, 0) is 9.53 Å². The zero-order valence-electron chi connectivity index (χ0n) is 9.08. The van der Waals surface area contributed by atoms with Crippen LogP contribution in [0.5, 0.6) is 0 Å². The molecule has 0 aromatic carbocycles. The van der Waals surface area contributed by atoms with Crippen molar-refractivity contribution in [3.05, 3.63) is 0 Å². The number of nitrogens with one attached hydrogen (secondary N) is 1. The summed E-state index contributed by atoms with van der Waals surface area (Å²) in [5.41, 5.74) is 0. The summed E-state index contributed by atoms with van der Waals surface area (Å²) in [5.74, 6) is 0.960. The summed E-state index contributed by atoms with van der Waals surface area (Å²) in [7, 11) is 0. The molecule has 0 aromatic rings. The Kier molecular flexibility index (Phi) is 4.75. The number of rotatable bonds is 4. The van der Waals surface area contributed by atoms with E-state index in [-0.39, 0.29) is 12.0 Å². The first kappa shape index (κ1) is 11.9. The highest BCUT2D eigenvalue weighted by Crippen LogP contribution is 2.26. The molecule has 1 saturated heterocycles. The molecule has 1 rings (SSSR count). The van der Waals surface area contributed by atoms with Crippen molar-refractivity contribution in [3.63, 3.8) is 0 Å². The third-order valence-corrected chi connectivity index (χ3v) is 3.68. The number of hydrogen-bond acceptors (Lipinski definition) is 4. The van der Waals surface area contributed by atoms with Gasteiger partial charge in [0.15, 0.2) is 0 Å². The van der Waals surface area contributed by atoms with Gasteiger partial charge in [0.1, 0.15) is 6.04 Å². The maximum absolute atomic E-state index is 11.3. The van der Waals surface area contributed by atoms with Gasteiger partial charge in [-0.2, -0.15) is 11.8 Å². The van der Waals surface area contributed by atoms with Crippen molar-refractivity contribution in [1.29, 1.82) is 0 Å². The number of esters is 1. The molecule has 1 heterocycles. The van der Waals surface area contributed by atoms with Gasteiger partial charge >= 0.3 is 5.97 Å². The van der Waals surface area contributed by atoms with E-state index in [2.05, 4.69) is 12.2 Å². The van der Waals surface area contributed by atoms with E-state index in [1.807, 2.05) is 25.6 Å².